The maximum atomic E-state index is 12.7. The number of carbonyl (C=O) groups is 1. The van der Waals surface area contributed by atoms with Crippen molar-refractivity contribution in [3.8, 4) is 5.75 Å². The van der Waals surface area contributed by atoms with Gasteiger partial charge in [-0.3, -0.25) is 4.79 Å². The summed E-state index contributed by atoms with van der Waals surface area (Å²) in [7, 11) is 1.86. The number of rotatable bonds is 3. The molecular formula is C18H22ClNO3. The fourth-order valence-corrected chi connectivity index (χ4v) is 3.56. The van der Waals surface area contributed by atoms with Crippen molar-refractivity contribution in [3.63, 3.8) is 0 Å². The van der Waals surface area contributed by atoms with E-state index < -0.39 is 0 Å². The molecular weight excluding hydrogens is 314 g/mol. The van der Waals surface area contributed by atoms with Gasteiger partial charge in [-0.1, -0.05) is 11.6 Å². The van der Waals surface area contributed by atoms with Crippen molar-refractivity contribution in [2.75, 3.05) is 20.3 Å². The van der Waals surface area contributed by atoms with Crippen LogP contribution in [0.3, 0.4) is 0 Å². The van der Waals surface area contributed by atoms with E-state index in [0.29, 0.717) is 23.1 Å². The molecule has 23 heavy (non-hydrogen) atoms. The maximum Gasteiger partial charge on any atom is 0.253 e. The molecule has 124 valence electrons. The first-order valence-corrected chi connectivity index (χ1v) is 8.47. The van der Waals surface area contributed by atoms with Crippen LogP contribution >= 0.6 is 11.6 Å². The van der Waals surface area contributed by atoms with Crippen molar-refractivity contribution in [1.82, 2.24) is 4.90 Å². The zero-order chi connectivity index (χ0) is 16.4. The number of fused-ring (bicyclic) bond motifs is 1. The molecule has 5 heteroatoms. The van der Waals surface area contributed by atoms with Gasteiger partial charge in [-0.25, -0.2) is 0 Å². The number of aliphatic hydroxyl groups excluding tert-OH is 1. The van der Waals surface area contributed by atoms with Crippen LogP contribution in [-0.4, -0.2) is 42.2 Å². The van der Waals surface area contributed by atoms with Gasteiger partial charge in [0.15, 0.2) is 0 Å². The normalized spacial score (nSPS) is 23.5. The van der Waals surface area contributed by atoms with Gasteiger partial charge in [-0.15, -0.1) is 0 Å². The first kappa shape index (κ1) is 16.3. The van der Waals surface area contributed by atoms with Gasteiger partial charge in [0, 0.05) is 30.3 Å². The minimum atomic E-state index is 0.0167. The molecule has 1 aliphatic heterocycles. The third kappa shape index (κ3) is 3.54. The van der Waals surface area contributed by atoms with Crippen molar-refractivity contribution < 1.29 is 14.6 Å². The Labute approximate surface area is 141 Å². The second-order valence-electron chi connectivity index (χ2n) is 6.41. The number of hydrogen-bond donors (Lipinski definition) is 1. The Morgan fingerprint density at radius 1 is 1.35 bits per heavy atom. The summed E-state index contributed by atoms with van der Waals surface area (Å²) in [6, 6.07) is 5.67. The highest BCUT2D eigenvalue weighted by Crippen LogP contribution is 2.31. The zero-order valence-corrected chi connectivity index (χ0v) is 14.1. The molecule has 1 fully saturated rings. The number of nitrogens with zero attached hydrogens (tertiary/aromatic N) is 1. The Morgan fingerprint density at radius 2 is 2.09 bits per heavy atom. The van der Waals surface area contributed by atoms with Crippen LogP contribution in [0, 0.1) is 5.92 Å². The average molecular weight is 336 g/mol. The average Bonchev–Trinajstić information content (AvgIpc) is 2.59. The summed E-state index contributed by atoms with van der Waals surface area (Å²) in [5, 5.41) is 9.86. The molecule has 1 amide bonds. The van der Waals surface area contributed by atoms with Gasteiger partial charge >= 0.3 is 0 Å². The van der Waals surface area contributed by atoms with Crippen LogP contribution < -0.4 is 4.74 Å². The van der Waals surface area contributed by atoms with E-state index in [1.807, 2.05) is 30.2 Å². The van der Waals surface area contributed by atoms with Crippen molar-refractivity contribution in [2.24, 2.45) is 5.92 Å². The molecule has 1 aromatic rings. The minimum absolute atomic E-state index is 0.0167. The number of aliphatic hydroxyl groups is 1. The fourth-order valence-electron chi connectivity index (χ4n) is 3.38. The van der Waals surface area contributed by atoms with Gasteiger partial charge < -0.3 is 14.7 Å². The van der Waals surface area contributed by atoms with Crippen LogP contribution in [0.1, 0.15) is 31.2 Å². The molecule has 1 N–H and O–H groups in total. The molecule has 0 unspecified atom stereocenters. The smallest absolute Gasteiger partial charge is 0.253 e. The van der Waals surface area contributed by atoms with Crippen molar-refractivity contribution in [2.45, 2.75) is 31.7 Å². The highest BCUT2D eigenvalue weighted by molar-refractivity contribution is 6.30. The van der Waals surface area contributed by atoms with Gasteiger partial charge in [0.2, 0.25) is 0 Å². The summed E-state index contributed by atoms with van der Waals surface area (Å²) < 4.78 is 5.68. The van der Waals surface area contributed by atoms with Crippen LogP contribution in [0.5, 0.6) is 5.75 Å². The summed E-state index contributed by atoms with van der Waals surface area (Å²) in [5.41, 5.74) is 1.51. The largest absolute Gasteiger partial charge is 0.488 e. The number of hydrogen-bond acceptors (Lipinski definition) is 3. The third-order valence-corrected chi connectivity index (χ3v) is 5.14. The minimum Gasteiger partial charge on any atom is -0.488 e. The monoisotopic (exact) mass is 335 g/mol. The molecule has 1 aromatic carbocycles. The molecule has 2 aliphatic rings. The predicted octanol–water partition coefficient (Wildman–Crippen LogP) is 3.13. The molecule has 0 spiro atoms. The van der Waals surface area contributed by atoms with E-state index in [1.54, 1.807) is 6.07 Å². The van der Waals surface area contributed by atoms with Gasteiger partial charge in [-0.05, 0) is 55.9 Å². The number of benzene rings is 1. The maximum absolute atomic E-state index is 12.7. The molecule has 1 saturated carbocycles. The second kappa shape index (κ2) is 6.93. The number of carbonyl (C=O) groups excluding carboxylic acids is 1. The van der Waals surface area contributed by atoms with Gasteiger partial charge in [0.1, 0.15) is 12.4 Å². The van der Waals surface area contributed by atoms with Crippen molar-refractivity contribution in [1.29, 1.82) is 0 Å². The van der Waals surface area contributed by atoms with Crippen LogP contribution in [0.25, 0.3) is 6.08 Å². The van der Waals surface area contributed by atoms with E-state index in [-0.39, 0.29) is 18.6 Å². The summed E-state index contributed by atoms with van der Waals surface area (Å²) in [6.07, 6.45) is 5.73. The van der Waals surface area contributed by atoms with E-state index in [9.17, 15) is 9.90 Å². The Kier molecular flexibility index (Phi) is 4.93. The lowest BCUT2D eigenvalue weighted by Gasteiger charge is -2.35. The molecule has 0 saturated heterocycles. The number of likely N-dealkylation sites (N-methyl/N-ethyl adjacent to an activating group) is 1. The second-order valence-corrected chi connectivity index (χ2v) is 6.85. The van der Waals surface area contributed by atoms with Crippen LogP contribution in [0.15, 0.2) is 23.8 Å². The topological polar surface area (TPSA) is 49.8 Å². The molecule has 1 heterocycles. The van der Waals surface area contributed by atoms with E-state index >= 15 is 0 Å². The van der Waals surface area contributed by atoms with E-state index in [0.717, 1.165) is 37.0 Å². The Hall–Kier alpha value is -1.52. The molecule has 0 atom stereocenters. The van der Waals surface area contributed by atoms with Crippen LogP contribution in [0.4, 0.5) is 0 Å². The Morgan fingerprint density at radius 3 is 2.78 bits per heavy atom. The van der Waals surface area contributed by atoms with E-state index in [2.05, 4.69) is 0 Å². The number of halogens is 1. The van der Waals surface area contributed by atoms with Crippen LogP contribution in [-0.2, 0) is 4.79 Å². The lowest BCUT2D eigenvalue weighted by molar-refractivity contribution is -0.129. The fraction of sp³-hybridized carbons (Fsp3) is 0.500. The Bertz CT molecular complexity index is 621. The summed E-state index contributed by atoms with van der Waals surface area (Å²) in [6.45, 7) is 0.546. The summed E-state index contributed by atoms with van der Waals surface area (Å²) in [4.78, 5) is 14.6. The van der Waals surface area contributed by atoms with Crippen LogP contribution in [0.2, 0.25) is 5.02 Å². The SMILES string of the molecule is CN(C(=O)C1=Cc2cc(Cl)ccc2OC1)C1CCC(CO)CC1. The van der Waals surface area contributed by atoms with Gasteiger partial charge in [0.25, 0.3) is 5.91 Å². The first-order valence-electron chi connectivity index (χ1n) is 8.09. The number of ether oxygens (including phenoxy) is 1. The summed E-state index contributed by atoms with van der Waals surface area (Å²) in [5.74, 6) is 1.17. The molecule has 0 aromatic heterocycles. The standard InChI is InChI=1S/C18H22ClNO3/c1-20(16-5-2-12(10-21)3-6-16)18(22)14-8-13-9-15(19)4-7-17(13)23-11-14/h4,7-9,12,16,21H,2-3,5-6,10-11H2,1H3. The Balaban J connectivity index is 1.71. The highest BCUT2D eigenvalue weighted by Gasteiger charge is 2.28. The molecule has 3 rings (SSSR count). The molecule has 0 bridgehead atoms. The summed E-state index contributed by atoms with van der Waals surface area (Å²) >= 11 is 6.02. The molecule has 1 aliphatic carbocycles. The lowest BCUT2D eigenvalue weighted by Crippen LogP contribution is -2.41. The molecule has 4 nitrogen and oxygen atoms in total. The predicted molar refractivity (Wildman–Crippen MR) is 90.5 cm³/mol. The third-order valence-electron chi connectivity index (χ3n) is 4.90. The number of amides is 1. The van der Waals surface area contributed by atoms with E-state index in [1.165, 1.54) is 0 Å². The zero-order valence-electron chi connectivity index (χ0n) is 13.3. The van der Waals surface area contributed by atoms with E-state index in [4.69, 9.17) is 16.3 Å². The van der Waals surface area contributed by atoms with Crippen molar-refractivity contribution >= 4 is 23.6 Å². The van der Waals surface area contributed by atoms with Gasteiger partial charge in [-0.2, -0.15) is 0 Å². The van der Waals surface area contributed by atoms with Crippen molar-refractivity contribution in [3.05, 3.63) is 34.4 Å². The lowest BCUT2D eigenvalue weighted by atomic mass is 9.86. The quantitative estimate of drug-likeness (QED) is 0.923. The van der Waals surface area contributed by atoms with Gasteiger partial charge in [0.05, 0.1) is 5.57 Å². The first-order chi connectivity index (χ1) is 11.1. The molecule has 0 radical (unpaired) electrons. The highest BCUT2D eigenvalue weighted by atomic mass is 35.5.